The number of hydrogen-bond acceptors (Lipinski definition) is 1. The summed E-state index contributed by atoms with van der Waals surface area (Å²) in [6.45, 7) is 3.77. The molecule has 1 fully saturated rings. The fraction of sp³-hybridized carbons (Fsp3) is 0.542. The van der Waals surface area contributed by atoms with Gasteiger partial charge in [-0.3, -0.25) is 0 Å². The molecule has 1 aromatic rings. The Labute approximate surface area is 181 Å². The van der Waals surface area contributed by atoms with Crippen LogP contribution in [0.1, 0.15) is 69.3 Å². The van der Waals surface area contributed by atoms with Crippen molar-refractivity contribution in [3.05, 3.63) is 47.1 Å². The van der Waals surface area contributed by atoms with Crippen LogP contribution in [0.2, 0.25) is 0 Å². The normalized spacial score (nSPS) is 28.7. The van der Waals surface area contributed by atoms with Crippen LogP contribution in [0.3, 0.4) is 0 Å². The molecule has 3 aliphatic carbocycles. The highest BCUT2D eigenvalue weighted by Gasteiger charge is 2.40. The number of nitrogens with one attached hydrogen (secondary N) is 1. The van der Waals surface area contributed by atoms with Crippen molar-refractivity contribution >= 4 is 12.4 Å². The van der Waals surface area contributed by atoms with Crippen LogP contribution in [0.4, 0.5) is 5.69 Å². The Bertz CT molecular complexity index is 736. The second-order valence-corrected chi connectivity index (χ2v) is 8.16. The van der Waals surface area contributed by atoms with Gasteiger partial charge in [-0.2, -0.15) is 0 Å². The largest absolute Gasteiger partial charge is 1.00 e. The number of allylic oxidation sites excluding steroid dienone is 4. The molecule has 1 N–H and O–H groups in total. The minimum Gasteiger partial charge on any atom is -1.00 e. The van der Waals surface area contributed by atoms with Crippen LogP contribution < -0.4 is 33.7 Å². The zero-order chi connectivity index (χ0) is 17.9. The van der Waals surface area contributed by atoms with Gasteiger partial charge in [0.1, 0.15) is 6.72 Å². The first kappa shape index (κ1) is 20.6. The highest BCUT2D eigenvalue weighted by atomic mass is 127. The maximum atomic E-state index is 5.54. The SMILES string of the molecule is C=[NH+]c1ccc(C2CCCC(C3=C4CC/C=C/CCC43)CC2)cc1OC.[I-]. The highest BCUT2D eigenvalue weighted by molar-refractivity contribution is 5.49. The third-order valence-corrected chi connectivity index (χ3v) is 6.75. The van der Waals surface area contributed by atoms with Gasteiger partial charge in [-0.25, -0.2) is 4.99 Å². The molecule has 0 spiro atoms. The van der Waals surface area contributed by atoms with Gasteiger partial charge in [0.15, 0.2) is 5.75 Å². The molecule has 3 atom stereocenters. The van der Waals surface area contributed by atoms with E-state index in [0.29, 0.717) is 5.92 Å². The topological polar surface area (TPSA) is 23.2 Å². The molecule has 146 valence electrons. The Morgan fingerprint density at radius 2 is 1.78 bits per heavy atom. The van der Waals surface area contributed by atoms with Crippen molar-refractivity contribution in [1.29, 1.82) is 0 Å². The van der Waals surface area contributed by atoms with E-state index in [0.717, 1.165) is 23.3 Å². The number of methoxy groups -OCH3 is 1. The summed E-state index contributed by atoms with van der Waals surface area (Å²) < 4.78 is 5.54. The molecule has 0 aliphatic heterocycles. The fourth-order valence-electron chi connectivity index (χ4n) is 5.33. The molecule has 0 aromatic heterocycles. The number of hydrogen-bond donors (Lipinski definition) is 1. The molecule has 3 unspecified atom stereocenters. The van der Waals surface area contributed by atoms with Gasteiger partial charge in [-0.1, -0.05) is 35.8 Å². The smallest absolute Gasteiger partial charge is 0.245 e. The van der Waals surface area contributed by atoms with E-state index in [-0.39, 0.29) is 24.0 Å². The van der Waals surface area contributed by atoms with Crippen LogP contribution in [0.5, 0.6) is 5.75 Å². The van der Waals surface area contributed by atoms with Gasteiger partial charge < -0.3 is 28.7 Å². The third-order valence-electron chi connectivity index (χ3n) is 6.75. The van der Waals surface area contributed by atoms with Gasteiger partial charge in [0.05, 0.1) is 7.11 Å². The molecule has 2 nitrogen and oxygen atoms in total. The van der Waals surface area contributed by atoms with Crippen LogP contribution in [0.25, 0.3) is 0 Å². The van der Waals surface area contributed by atoms with Gasteiger partial charge in [0, 0.05) is 12.0 Å². The first-order valence-electron chi connectivity index (χ1n) is 10.4. The molecule has 3 aliphatic rings. The molecule has 4 rings (SSSR count). The lowest BCUT2D eigenvalue weighted by atomic mass is 9.90. The van der Waals surface area contributed by atoms with Gasteiger partial charge in [-0.05, 0) is 74.8 Å². The van der Waals surface area contributed by atoms with E-state index in [1.807, 2.05) is 11.1 Å². The molecule has 0 bridgehead atoms. The Morgan fingerprint density at radius 1 is 1.00 bits per heavy atom. The van der Waals surface area contributed by atoms with Crippen LogP contribution in [-0.2, 0) is 0 Å². The molecule has 0 radical (unpaired) electrons. The van der Waals surface area contributed by atoms with Gasteiger partial charge in [0.25, 0.3) is 0 Å². The second-order valence-electron chi connectivity index (χ2n) is 8.16. The fourth-order valence-corrected chi connectivity index (χ4v) is 5.33. The Balaban J connectivity index is 0.00000210. The minimum absolute atomic E-state index is 0. The van der Waals surface area contributed by atoms with E-state index < -0.39 is 0 Å². The molecule has 27 heavy (non-hydrogen) atoms. The lowest BCUT2D eigenvalue weighted by Crippen LogP contribution is -3.00. The monoisotopic (exact) mass is 477 g/mol. The quantitative estimate of drug-likeness (QED) is 0.304. The summed E-state index contributed by atoms with van der Waals surface area (Å²) in [5.74, 6) is 3.33. The van der Waals surface area contributed by atoms with Crippen LogP contribution in [-0.4, -0.2) is 13.8 Å². The summed E-state index contributed by atoms with van der Waals surface area (Å²) in [5, 5.41) is 0. The van der Waals surface area contributed by atoms with Crippen LogP contribution >= 0.6 is 0 Å². The Morgan fingerprint density at radius 3 is 2.59 bits per heavy atom. The second kappa shape index (κ2) is 9.40. The molecular weight excluding hydrogens is 445 g/mol. The van der Waals surface area contributed by atoms with E-state index in [4.69, 9.17) is 4.74 Å². The summed E-state index contributed by atoms with van der Waals surface area (Å²) >= 11 is 0. The van der Waals surface area contributed by atoms with Crippen molar-refractivity contribution in [2.75, 3.05) is 7.11 Å². The lowest BCUT2D eigenvalue weighted by Gasteiger charge is -2.16. The van der Waals surface area contributed by atoms with Crippen molar-refractivity contribution < 1.29 is 33.7 Å². The summed E-state index contributed by atoms with van der Waals surface area (Å²) in [7, 11) is 1.74. The predicted octanol–water partition coefficient (Wildman–Crippen LogP) is 1.83. The minimum atomic E-state index is 0. The highest BCUT2D eigenvalue weighted by Crippen LogP contribution is 2.54. The van der Waals surface area contributed by atoms with Crippen molar-refractivity contribution in [3.8, 4) is 5.75 Å². The maximum Gasteiger partial charge on any atom is 0.245 e. The Kier molecular flexibility index (Phi) is 7.18. The number of halogens is 1. The predicted molar refractivity (Wildman–Crippen MR) is 108 cm³/mol. The zero-order valence-corrected chi connectivity index (χ0v) is 18.6. The average Bonchev–Trinajstić information content (AvgIpc) is 3.37. The summed E-state index contributed by atoms with van der Waals surface area (Å²) in [6.07, 6.45) is 16.8. The van der Waals surface area contributed by atoms with Gasteiger partial charge in [0.2, 0.25) is 5.69 Å². The number of rotatable bonds is 4. The third kappa shape index (κ3) is 4.49. The van der Waals surface area contributed by atoms with Crippen molar-refractivity contribution in [3.63, 3.8) is 0 Å². The maximum absolute atomic E-state index is 5.54. The Hall–Kier alpha value is -1.10. The van der Waals surface area contributed by atoms with E-state index in [2.05, 4.69) is 42.1 Å². The average molecular weight is 477 g/mol. The van der Waals surface area contributed by atoms with Crippen LogP contribution in [0, 0.1) is 11.8 Å². The van der Waals surface area contributed by atoms with E-state index in [9.17, 15) is 0 Å². The first-order chi connectivity index (χ1) is 12.8. The van der Waals surface area contributed by atoms with Gasteiger partial charge in [-0.15, -0.1) is 0 Å². The summed E-state index contributed by atoms with van der Waals surface area (Å²) in [5.41, 5.74) is 6.12. The zero-order valence-electron chi connectivity index (χ0n) is 16.5. The summed E-state index contributed by atoms with van der Waals surface area (Å²) in [4.78, 5) is 2.97. The molecule has 0 amide bonds. The van der Waals surface area contributed by atoms with Crippen molar-refractivity contribution in [2.24, 2.45) is 11.8 Å². The number of ether oxygens (including phenoxy) is 1. The molecule has 3 heteroatoms. The molecule has 1 saturated carbocycles. The first-order valence-corrected chi connectivity index (χ1v) is 10.4. The van der Waals surface area contributed by atoms with Gasteiger partial charge >= 0.3 is 0 Å². The van der Waals surface area contributed by atoms with E-state index >= 15 is 0 Å². The van der Waals surface area contributed by atoms with E-state index in [1.165, 1.54) is 63.4 Å². The van der Waals surface area contributed by atoms with Crippen LogP contribution in [0.15, 0.2) is 41.5 Å². The lowest BCUT2D eigenvalue weighted by molar-refractivity contribution is -0.343. The molecule has 1 aromatic carbocycles. The number of benzene rings is 1. The molecular formula is C24H32INO. The van der Waals surface area contributed by atoms with E-state index in [1.54, 1.807) is 7.11 Å². The molecule has 0 saturated heterocycles. The van der Waals surface area contributed by atoms with Crippen molar-refractivity contribution in [2.45, 2.75) is 63.7 Å². The summed E-state index contributed by atoms with van der Waals surface area (Å²) in [6, 6.07) is 6.60. The molecule has 0 heterocycles. The standard InChI is InChI=1S/C24H31NO.HI/c1-25-22-15-14-19(16-23(22)26-2)17-8-7-9-18(13-12-17)24-20-10-5-3-4-6-11-21(20)24;/h3-4,14-18,20H,1,5-13H2,2H3;1H/b4-3+;. The van der Waals surface area contributed by atoms with Crippen molar-refractivity contribution in [1.82, 2.24) is 0 Å². The number of fused-ring (bicyclic) bond motifs is 1.